The third kappa shape index (κ3) is 2.67. The lowest BCUT2D eigenvalue weighted by Gasteiger charge is -2.38. The van der Waals surface area contributed by atoms with Gasteiger partial charge in [-0.05, 0) is 0 Å². The van der Waals surface area contributed by atoms with Crippen LogP contribution in [0.4, 0.5) is 0 Å². The van der Waals surface area contributed by atoms with Crippen LogP contribution < -0.4 is 0 Å². The van der Waals surface area contributed by atoms with Crippen LogP contribution in [-0.4, -0.2) is 18.6 Å². The van der Waals surface area contributed by atoms with Gasteiger partial charge in [0.2, 0.25) is 0 Å². The molecule has 66 valence electrons. The molecule has 0 heterocycles. The van der Waals surface area contributed by atoms with Gasteiger partial charge in [0.05, 0.1) is 6.54 Å². The first-order chi connectivity index (χ1) is 5.64. The van der Waals surface area contributed by atoms with Crippen LogP contribution in [0.1, 0.15) is 12.5 Å². The summed E-state index contributed by atoms with van der Waals surface area (Å²) < 4.78 is 0.935. The molecule has 1 heteroatoms. The SMILES string of the molecule is C[CH-][N+](C)(C)Cc1ccccc1. The van der Waals surface area contributed by atoms with Crippen molar-refractivity contribution < 1.29 is 4.48 Å². The van der Waals surface area contributed by atoms with Gasteiger partial charge in [-0.25, -0.2) is 0 Å². The zero-order valence-electron chi connectivity index (χ0n) is 8.12. The monoisotopic (exact) mass is 163 g/mol. The third-order valence-electron chi connectivity index (χ3n) is 2.13. The first kappa shape index (κ1) is 9.27. The molecule has 0 unspecified atom stereocenters. The number of hydrogen-bond acceptors (Lipinski definition) is 0. The molecule has 0 saturated carbocycles. The second-order valence-corrected chi connectivity index (χ2v) is 3.68. The van der Waals surface area contributed by atoms with E-state index in [0.717, 1.165) is 11.0 Å². The molecule has 0 aliphatic carbocycles. The highest BCUT2D eigenvalue weighted by Crippen LogP contribution is 2.09. The van der Waals surface area contributed by atoms with Crippen molar-refractivity contribution >= 4 is 0 Å². The van der Waals surface area contributed by atoms with Crippen molar-refractivity contribution in [2.75, 3.05) is 14.1 Å². The number of rotatable bonds is 3. The summed E-state index contributed by atoms with van der Waals surface area (Å²) in [5.41, 5.74) is 1.39. The Kier molecular flexibility index (Phi) is 2.88. The predicted octanol–water partition coefficient (Wildman–Crippen LogP) is 2.44. The molecule has 0 N–H and O–H groups in total. The Bertz CT molecular complexity index is 226. The maximum Gasteiger partial charge on any atom is 0.0800 e. The Morgan fingerprint density at radius 2 is 1.75 bits per heavy atom. The van der Waals surface area contributed by atoms with Crippen molar-refractivity contribution in [3.05, 3.63) is 42.4 Å². The van der Waals surface area contributed by atoms with Crippen LogP contribution in [0.15, 0.2) is 30.3 Å². The van der Waals surface area contributed by atoms with E-state index >= 15 is 0 Å². The van der Waals surface area contributed by atoms with Gasteiger partial charge in [-0.1, -0.05) is 30.3 Å². The molecule has 0 fully saturated rings. The van der Waals surface area contributed by atoms with Gasteiger partial charge in [-0.15, -0.1) is 13.5 Å². The first-order valence-electron chi connectivity index (χ1n) is 4.31. The van der Waals surface area contributed by atoms with Gasteiger partial charge >= 0.3 is 0 Å². The van der Waals surface area contributed by atoms with Crippen molar-refractivity contribution in [3.8, 4) is 0 Å². The molecule has 0 saturated heterocycles. The topological polar surface area (TPSA) is 0 Å². The van der Waals surface area contributed by atoms with Crippen molar-refractivity contribution in [2.45, 2.75) is 13.5 Å². The van der Waals surface area contributed by atoms with Crippen molar-refractivity contribution in [3.63, 3.8) is 0 Å². The van der Waals surface area contributed by atoms with Gasteiger partial charge in [0.25, 0.3) is 0 Å². The molecular weight excluding hydrogens is 146 g/mol. The van der Waals surface area contributed by atoms with Crippen molar-refractivity contribution in [2.24, 2.45) is 0 Å². The van der Waals surface area contributed by atoms with E-state index < -0.39 is 0 Å². The zero-order chi connectivity index (χ0) is 9.03. The number of hydrogen-bond donors (Lipinski definition) is 0. The molecular formula is C11H17N. The van der Waals surface area contributed by atoms with E-state index in [4.69, 9.17) is 0 Å². The lowest BCUT2D eigenvalue weighted by molar-refractivity contribution is -0.873. The second kappa shape index (κ2) is 3.72. The Morgan fingerprint density at radius 1 is 1.17 bits per heavy atom. The molecule has 0 spiro atoms. The number of nitrogens with zero attached hydrogens (tertiary/aromatic N) is 1. The van der Waals surface area contributed by atoms with E-state index in [1.54, 1.807) is 0 Å². The van der Waals surface area contributed by atoms with Crippen LogP contribution in [0.5, 0.6) is 0 Å². The molecule has 0 radical (unpaired) electrons. The smallest absolute Gasteiger partial charge is 0.0800 e. The Hall–Kier alpha value is -0.820. The van der Waals surface area contributed by atoms with Crippen LogP contribution in [0.25, 0.3) is 0 Å². The second-order valence-electron chi connectivity index (χ2n) is 3.68. The fourth-order valence-corrected chi connectivity index (χ4v) is 1.15. The highest BCUT2D eigenvalue weighted by Gasteiger charge is 2.04. The van der Waals surface area contributed by atoms with Crippen LogP contribution in [0.3, 0.4) is 0 Å². The van der Waals surface area contributed by atoms with Gasteiger partial charge < -0.3 is 4.48 Å². The lowest BCUT2D eigenvalue weighted by Crippen LogP contribution is -2.34. The van der Waals surface area contributed by atoms with Crippen LogP contribution >= 0.6 is 0 Å². The summed E-state index contributed by atoms with van der Waals surface area (Å²) in [6.45, 7) is 5.37. The maximum absolute atomic E-state index is 2.20. The maximum atomic E-state index is 2.20. The molecule has 1 aromatic rings. The summed E-state index contributed by atoms with van der Waals surface area (Å²) in [4.78, 5) is 0. The minimum absolute atomic E-state index is 0.935. The van der Waals surface area contributed by atoms with Crippen LogP contribution in [0, 0.1) is 6.54 Å². The molecule has 1 nitrogen and oxygen atoms in total. The number of quaternary nitrogens is 1. The normalized spacial score (nSPS) is 11.6. The van der Waals surface area contributed by atoms with E-state index in [0.29, 0.717) is 0 Å². The molecule has 0 bridgehead atoms. The third-order valence-corrected chi connectivity index (χ3v) is 2.13. The molecule has 1 rings (SSSR count). The zero-order valence-corrected chi connectivity index (χ0v) is 8.12. The van der Waals surface area contributed by atoms with Gasteiger partial charge in [-0.3, -0.25) is 0 Å². The average Bonchev–Trinajstić information content (AvgIpc) is 2.06. The van der Waals surface area contributed by atoms with Crippen molar-refractivity contribution in [1.82, 2.24) is 0 Å². The Morgan fingerprint density at radius 3 is 2.25 bits per heavy atom. The minimum atomic E-state index is 0.935. The van der Waals surface area contributed by atoms with E-state index in [1.165, 1.54) is 5.56 Å². The summed E-state index contributed by atoms with van der Waals surface area (Å²) in [6, 6.07) is 10.6. The van der Waals surface area contributed by atoms with Crippen LogP contribution in [-0.2, 0) is 6.54 Å². The van der Waals surface area contributed by atoms with Crippen molar-refractivity contribution in [1.29, 1.82) is 0 Å². The molecule has 0 aromatic heterocycles. The largest absolute Gasteiger partial charge is 0.456 e. The highest BCUT2D eigenvalue weighted by molar-refractivity contribution is 5.13. The molecule has 0 atom stereocenters. The Balaban J connectivity index is 2.64. The quantitative estimate of drug-likeness (QED) is 0.474. The Labute approximate surface area is 75.2 Å². The van der Waals surface area contributed by atoms with Gasteiger partial charge in [0.15, 0.2) is 0 Å². The summed E-state index contributed by atoms with van der Waals surface area (Å²) in [6.07, 6.45) is 0. The fraction of sp³-hybridized carbons (Fsp3) is 0.364. The molecule has 12 heavy (non-hydrogen) atoms. The molecule has 0 aliphatic heterocycles. The average molecular weight is 163 g/mol. The van der Waals surface area contributed by atoms with Gasteiger partial charge in [-0.2, -0.15) is 0 Å². The summed E-state index contributed by atoms with van der Waals surface area (Å²) >= 11 is 0. The summed E-state index contributed by atoms with van der Waals surface area (Å²) in [5.74, 6) is 0. The first-order valence-corrected chi connectivity index (χ1v) is 4.31. The summed E-state index contributed by atoms with van der Waals surface area (Å²) in [5, 5.41) is 0. The fourth-order valence-electron chi connectivity index (χ4n) is 1.15. The molecule has 0 amide bonds. The summed E-state index contributed by atoms with van der Waals surface area (Å²) in [7, 11) is 4.40. The van der Waals surface area contributed by atoms with E-state index in [1.807, 2.05) is 0 Å². The van der Waals surface area contributed by atoms with E-state index in [2.05, 4.69) is 57.9 Å². The van der Waals surface area contributed by atoms with Gasteiger partial charge in [0.1, 0.15) is 0 Å². The minimum Gasteiger partial charge on any atom is -0.456 e. The standard InChI is InChI=1S/C11H17N/c1-4-12(2,3)10-11-8-6-5-7-9-11/h4-9H,10H2,1-3H3. The number of benzene rings is 1. The lowest BCUT2D eigenvalue weighted by atomic mass is 10.2. The predicted molar refractivity (Wildman–Crippen MR) is 52.2 cm³/mol. The van der Waals surface area contributed by atoms with Gasteiger partial charge in [0, 0.05) is 19.7 Å². The molecule has 0 aliphatic rings. The highest BCUT2D eigenvalue weighted by atomic mass is 15.3. The van der Waals surface area contributed by atoms with E-state index in [9.17, 15) is 0 Å². The van der Waals surface area contributed by atoms with Crippen LogP contribution in [0.2, 0.25) is 0 Å². The molecule has 1 aromatic carbocycles. The van der Waals surface area contributed by atoms with E-state index in [-0.39, 0.29) is 0 Å².